The topological polar surface area (TPSA) is 135 Å². The Morgan fingerprint density at radius 2 is 1.83 bits per heavy atom. The number of ether oxygens (including phenoxy) is 2. The van der Waals surface area contributed by atoms with Crippen LogP contribution in [0, 0.1) is 0 Å². The lowest BCUT2D eigenvalue weighted by molar-refractivity contribution is -0.116. The molecule has 0 spiro atoms. The van der Waals surface area contributed by atoms with E-state index in [1.165, 1.54) is 0 Å². The molecular weight excluding hydrogens is 450 g/mol. The predicted molar refractivity (Wildman–Crippen MR) is 133 cm³/mol. The van der Waals surface area contributed by atoms with E-state index < -0.39 is 6.09 Å². The SMILES string of the molecule is COc1ccc(CCNc2nccc(-c3cccc(NC(=O)CCCNC(=O)O)c3)n2)cc1OC. The number of nitrogens with one attached hydrogen (secondary N) is 3. The Morgan fingerprint density at radius 3 is 2.60 bits per heavy atom. The van der Waals surface area contributed by atoms with Crippen molar-refractivity contribution in [2.24, 2.45) is 0 Å². The smallest absolute Gasteiger partial charge is 0.404 e. The minimum Gasteiger partial charge on any atom is -0.493 e. The van der Waals surface area contributed by atoms with Crippen LogP contribution in [-0.2, 0) is 11.2 Å². The fraction of sp³-hybridized carbons (Fsp3) is 0.280. The van der Waals surface area contributed by atoms with Crippen molar-refractivity contribution in [1.82, 2.24) is 15.3 Å². The van der Waals surface area contributed by atoms with Crippen molar-refractivity contribution in [2.75, 3.05) is 37.9 Å². The van der Waals surface area contributed by atoms with Gasteiger partial charge in [0.25, 0.3) is 0 Å². The number of amides is 2. The number of carboxylic acid groups (broad SMARTS) is 1. The molecule has 184 valence electrons. The van der Waals surface area contributed by atoms with Crippen molar-refractivity contribution >= 4 is 23.6 Å². The molecule has 0 saturated carbocycles. The predicted octanol–water partition coefficient (Wildman–Crippen LogP) is 3.80. The van der Waals surface area contributed by atoms with Crippen LogP contribution < -0.4 is 25.4 Å². The summed E-state index contributed by atoms with van der Waals surface area (Å²) in [5.41, 5.74) is 3.28. The lowest BCUT2D eigenvalue weighted by atomic mass is 10.1. The van der Waals surface area contributed by atoms with Crippen molar-refractivity contribution in [3.63, 3.8) is 0 Å². The summed E-state index contributed by atoms with van der Waals surface area (Å²) in [6.07, 6.45) is 1.96. The zero-order valence-electron chi connectivity index (χ0n) is 19.7. The van der Waals surface area contributed by atoms with Gasteiger partial charge in [-0.3, -0.25) is 4.79 Å². The van der Waals surface area contributed by atoms with E-state index in [1.54, 1.807) is 32.5 Å². The largest absolute Gasteiger partial charge is 0.493 e. The highest BCUT2D eigenvalue weighted by Crippen LogP contribution is 2.27. The molecule has 0 atom stereocenters. The molecule has 1 heterocycles. The number of nitrogens with zero attached hydrogens (tertiary/aromatic N) is 2. The van der Waals surface area contributed by atoms with Gasteiger partial charge in [-0.15, -0.1) is 0 Å². The monoisotopic (exact) mass is 479 g/mol. The molecule has 10 nitrogen and oxygen atoms in total. The van der Waals surface area contributed by atoms with Crippen LogP contribution in [0.2, 0.25) is 0 Å². The molecule has 0 aliphatic carbocycles. The average Bonchev–Trinajstić information content (AvgIpc) is 2.87. The molecular formula is C25H29N5O5. The summed E-state index contributed by atoms with van der Waals surface area (Å²) in [6, 6.07) is 15.0. The molecule has 4 N–H and O–H groups in total. The maximum atomic E-state index is 12.1. The molecule has 2 amide bonds. The Balaban J connectivity index is 1.56. The van der Waals surface area contributed by atoms with E-state index in [-0.39, 0.29) is 18.9 Å². The second-order valence-corrected chi connectivity index (χ2v) is 7.60. The van der Waals surface area contributed by atoms with Crippen LogP contribution in [0.15, 0.2) is 54.7 Å². The van der Waals surface area contributed by atoms with Gasteiger partial charge in [0.1, 0.15) is 0 Å². The fourth-order valence-corrected chi connectivity index (χ4v) is 3.38. The number of hydrogen-bond acceptors (Lipinski definition) is 7. The van der Waals surface area contributed by atoms with Crippen LogP contribution in [0.25, 0.3) is 11.3 Å². The van der Waals surface area contributed by atoms with Crippen molar-refractivity contribution in [2.45, 2.75) is 19.3 Å². The number of carbonyl (C=O) groups excluding carboxylic acids is 1. The molecule has 0 bridgehead atoms. The summed E-state index contributed by atoms with van der Waals surface area (Å²) in [5, 5.41) is 16.9. The van der Waals surface area contributed by atoms with Gasteiger partial charge in [0.05, 0.1) is 19.9 Å². The van der Waals surface area contributed by atoms with Crippen molar-refractivity contribution in [3.8, 4) is 22.8 Å². The van der Waals surface area contributed by atoms with Gasteiger partial charge in [-0.2, -0.15) is 0 Å². The first kappa shape index (κ1) is 25.3. The van der Waals surface area contributed by atoms with Crippen molar-refractivity contribution < 1.29 is 24.2 Å². The highest BCUT2D eigenvalue weighted by molar-refractivity contribution is 5.91. The van der Waals surface area contributed by atoms with Crippen molar-refractivity contribution in [3.05, 3.63) is 60.3 Å². The van der Waals surface area contributed by atoms with Gasteiger partial charge in [0.15, 0.2) is 11.5 Å². The normalized spacial score (nSPS) is 10.3. The standard InChI is InChI=1S/C25H29N5O5/c1-34-21-9-8-17(15-22(21)35-2)10-13-26-24-27-14-11-20(30-24)18-5-3-6-19(16-18)29-23(31)7-4-12-28-25(32)33/h3,5-6,8-9,11,14-16,28H,4,7,10,12-13H2,1-2H3,(H,29,31)(H,32,33)(H,26,27,30). The lowest BCUT2D eigenvalue weighted by Crippen LogP contribution is -2.23. The highest BCUT2D eigenvalue weighted by atomic mass is 16.5. The zero-order chi connectivity index (χ0) is 25.0. The van der Waals surface area contributed by atoms with Crippen LogP contribution in [0.4, 0.5) is 16.4 Å². The Hall–Kier alpha value is -4.34. The lowest BCUT2D eigenvalue weighted by Gasteiger charge is -2.11. The molecule has 0 unspecified atom stereocenters. The summed E-state index contributed by atoms with van der Waals surface area (Å²) in [4.78, 5) is 31.5. The molecule has 3 aromatic rings. The summed E-state index contributed by atoms with van der Waals surface area (Å²) in [7, 11) is 3.22. The van der Waals surface area contributed by atoms with E-state index in [9.17, 15) is 9.59 Å². The number of aromatic nitrogens is 2. The number of rotatable bonds is 12. The van der Waals surface area contributed by atoms with Crippen LogP contribution in [0.5, 0.6) is 11.5 Å². The summed E-state index contributed by atoms with van der Waals surface area (Å²) >= 11 is 0. The van der Waals surface area contributed by atoms with Gasteiger partial charge < -0.3 is 30.5 Å². The van der Waals surface area contributed by atoms with Gasteiger partial charge in [-0.25, -0.2) is 14.8 Å². The molecule has 0 radical (unpaired) electrons. The van der Waals surface area contributed by atoms with E-state index >= 15 is 0 Å². The molecule has 0 aliphatic rings. The first-order valence-corrected chi connectivity index (χ1v) is 11.1. The minimum atomic E-state index is -1.10. The summed E-state index contributed by atoms with van der Waals surface area (Å²) < 4.78 is 10.6. The van der Waals surface area contributed by atoms with E-state index in [4.69, 9.17) is 14.6 Å². The third kappa shape index (κ3) is 7.88. The van der Waals surface area contributed by atoms with E-state index in [1.807, 2.05) is 36.4 Å². The number of hydrogen-bond donors (Lipinski definition) is 4. The van der Waals surface area contributed by atoms with Crippen LogP contribution >= 0.6 is 0 Å². The molecule has 3 rings (SSSR count). The number of benzene rings is 2. The van der Waals surface area contributed by atoms with Gasteiger partial charge in [-0.1, -0.05) is 18.2 Å². The van der Waals surface area contributed by atoms with Gasteiger partial charge in [0, 0.05) is 37.0 Å². The first-order chi connectivity index (χ1) is 17.0. The Morgan fingerprint density at radius 1 is 1.00 bits per heavy atom. The van der Waals surface area contributed by atoms with Gasteiger partial charge in [0.2, 0.25) is 11.9 Å². The first-order valence-electron chi connectivity index (χ1n) is 11.1. The third-order valence-corrected chi connectivity index (χ3v) is 5.10. The van der Waals surface area contributed by atoms with Crippen LogP contribution in [0.1, 0.15) is 18.4 Å². The van der Waals surface area contributed by atoms with E-state index in [2.05, 4.69) is 25.9 Å². The highest BCUT2D eigenvalue weighted by Gasteiger charge is 2.08. The number of anilines is 2. The third-order valence-electron chi connectivity index (χ3n) is 5.10. The Kier molecular flexibility index (Phi) is 9.23. The summed E-state index contributed by atoms with van der Waals surface area (Å²) in [6.45, 7) is 0.858. The molecule has 0 saturated heterocycles. The maximum Gasteiger partial charge on any atom is 0.404 e. The van der Waals surface area contributed by atoms with Gasteiger partial charge >= 0.3 is 6.09 Å². The van der Waals surface area contributed by atoms with Crippen LogP contribution in [-0.4, -0.2) is 54.4 Å². The molecule has 35 heavy (non-hydrogen) atoms. The van der Waals surface area contributed by atoms with E-state index in [0.29, 0.717) is 36.1 Å². The second-order valence-electron chi connectivity index (χ2n) is 7.60. The summed E-state index contributed by atoms with van der Waals surface area (Å²) in [5.74, 6) is 1.69. The van der Waals surface area contributed by atoms with Crippen molar-refractivity contribution in [1.29, 1.82) is 0 Å². The second kappa shape index (κ2) is 12.8. The quantitative estimate of drug-likeness (QED) is 0.288. The maximum absolute atomic E-state index is 12.1. The zero-order valence-corrected chi connectivity index (χ0v) is 19.7. The molecule has 0 aliphatic heterocycles. The Labute approximate surface area is 203 Å². The molecule has 10 heteroatoms. The Bertz CT molecular complexity index is 1150. The van der Waals surface area contributed by atoms with E-state index in [0.717, 1.165) is 23.2 Å². The average molecular weight is 480 g/mol. The molecule has 2 aromatic carbocycles. The fourth-order valence-electron chi connectivity index (χ4n) is 3.38. The molecule has 0 fully saturated rings. The van der Waals surface area contributed by atoms with Crippen LogP contribution in [0.3, 0.4) is 0 Å². The number of methoxy groups -OCH3 is 2. The number of carbonyl (C=O) groups is 2. The minimum absolute atomic E-state index is 0.186. The van der Waals surface area contributed by atoms with Gasteiger partial charge in [-0.05, 0) is 48.7 Å². The molecule has 1 aromatic heterocycles.